The molecule has 2 aromatic rings. The molecule has 0 spiro atoms. The Morgan fingerprint density at radius 3 is 2.45 bits per heavy atom. The van der Waals surface area contributed by atoms with E-state index < -0.39 is 6.29 Å². The second kappa shape index (κ2) is 5.25. The fourth-order valence-electron chi connectivity index (χ4n) is 2.02. The molecule has 2 aromatic carbocycles. The average molecular weight is 309 g/mol. The molecule has 0 aliphatic carbocycles. The van der Waals surface area contributed by atoms with Crippen LogP contribution in [0.25, 0.3) is 0 Å². The van der Waals surface area contributed by atoms with Crippen LogP contribution in [-0.2, 0) is 11.2 Å². The number of ether oxygens (including phenoxy) is 2. The van der Waals surface area contributed by atoms with E-state index in [0.29, 0.717) is 11.3 Å². The zero-order chi connectivity index (χ0) is 15.7. The molecule has 4 nitrogen and oxygen atoms in total. The molecule has 0 bridgehead atoms. The van der Waals surface area contributed by atoms with Crippen LogP contribution in [0, 0.1) is 5.82 Å². The molecule has 0 fully saturated rings. The molecule has 0 unspecified atom stereocenters. The number of benzene rings is 2. The molecule has 1 heterocycles. The zero-order valence-corrected chi connectivity index (χ0v) is 11.1. The molecule has 0 saturated carbocycles. The molecule has 0 radical (unpaired) electrons. The first kappa shape index (κ1) is 14.2. The Labute approximate surface area is 123 Å². The minimum Gasteiger partial charge on any atom is -0.395 e. The minimum atomic E-state index is -3.70. The lowest BCUT2D eigenvalue weighted by atomic mass is 10.1. The number of halogens is 3. The van der Waals surface area contributed by atoms with Gasteiger partial charge >= 0.3 is 6.29 Å². The Morgan fingerprint density at radius 2 is 1.73 bits per heavy atom. The zero-order valence-electron chi connectivity index (χ0n) is 11.1. The van der Waals surface area contributed by atoms with Gasteiger partial charge in [-0.15, -0.1) is 8.78 Å². The first-order valence-electron chi connectivity index (χ1n) is 6.35. The van der Waals surface area contributed by atoms with Crippen LogP contribution < -0.4 is 14.8 Å². The van der Waals surface area contributed by atoms with Gasteiger partial charge in [-0.1, -0.05) is 12.1 Å². The molecule has 0 atom stereocenters. The van der Waals surface area contributed by atoms with Crippen molar-refractivity contribution in [2.75, 3.05) is 5.32 Å². The van der Waals surface area contributed by atoms with E-state index in [1.165, 1.54) is 42.5 Å². The highest BCUT2D eigenvalue weighted by Gasteiger charge is 2.43. The number of nitrogens with one attached hydrogen (secondary N) is 1. The lowest BCUT2D eigenvalue weighted by Gasteiger charge is -2.06. The van der Waals surface area contributed by atoms with E-state index in [1.807, 2.05) is 0 Å². The quantitative estimate of drug-likeness (QED) is 0.946. The maximum absolute atomic E-state index is 12.9. The summed E-state index contributed by atoms with van der Waals surface area (Å²) in [4.78, 5) is 11.9. The van der Waals surface area contributed by atoms with E-state index in [-0.39, 0.29) is 29.6 Å². The maximum atomic E-state index is 12.9. The van der Waals surface area contributed by atoms with Crippen molar-refractivity contribution in [3.63, 3.8) is 0 Å². The van der Waals surface area contributed by atoms with E-state index >= 15 is 0 Å². The number of alkyl halides is 2. The molecule has 1 aliphatic heterocycles. The second-order valence-corrected chi connectivity index (χ2v) is 4.68. The average Bonchev–Trinajstić information content (AvgIpc) is 2.74. The van der Waals surface area contributed by atoms with Gasteiger partial charge in [-0.3, -0.25) is 4.79 Å². The summed E-state index contributed by atoms with van der Waals surface area (Å²) in [5, 5.41) is 2.55. The third-order valence-corrected chi connectivity index (χ3v) is 2.96. The van der Waals surface area contributed by atoms with Crippen molar-refractivity contribution in [1.82, 2.24) is 0 Å². The molecule has 3 rings (SSSR count). The summed E-state index contributed by atoms with van der Waals surface area (Å²) in [5.41, 5.74) is 0.929. The summed E-state index contributed by atoms with van der Waals surface area (Å²) in [5.74, 6) is -0.996. The summed E-state index contributed by atoms with van der Waals surface area (Å²) in [6.45, 7) is 0. The molecular formula is C15H10F3NO3. The Bertz CT molecular complexity index is 716. The number of anilines is 1. The Morgan fingerprint density at radius 1 is 1.05 bits per heavy atom. The molecule has 0 aromatic heterocycles. The van der Waals surface area contributed by atoms with Crippen LogP contribution in [0.2, 0.25) is 0 Å². The highest BCUT2D eigenvalue weighted by atomic mass is 19.3. The number of hydrogen-bond donors (Lipinski definition) is 1. The van der Waals surface area contributed by atoms with E-state index in [9.17, 15) is 18.0 Å². The van der Waals surface area contributed by atoms with Gasteiger partial charge in [0.2, 0.25) is 5.91 Å². The van der Waals surface area contributed by atoms with E-state index in [1.54, 1.807) is 0 Å². The predicted molar refractivity (Wildman–Crippen MR) is 71.4 cm³/mol. The Hall–Kier alpha value is -2.70. The summed E-state index contributed by atoms with van der Waals surface area (Å²) >= 11 is 0. The lowest BCUT2D eigenvalue weighted by Crippen LogP contribution is -2.25. The van der Waals surface area contributed by atoms with Crippen LogP contribution in [0.4, 0.5) is 18.9 Å². The highest BCUT2D eigenvalue weighted by Crippen LogP contribution is 2.42. The minimum absolute atomic E-state index is 0.0326. The van der Waals surface area contributed by atoms with E-state index in [0.717, 1.165) is 0 Å². The smallest absolute Gasteiger partial charge is 0.395 e. The third-order valence-electron chi connectivity index (χ3n) is 2.96. The van der Waals surface area contributed by atoms with Gasteiger partial charge in [-0.2, -0.15) is 0 Å². The number of hydrogen-bond acceptors (Lipinski definition) is 3. The monoisotopic (exact) mass is 309 g/mol. The van der Waals surface area contributed by atoms with Crippen molar-refractivity contribution in [3.8, 4) is 11.5 Å². The number of carbonyl (C=O) groups excluding carboxylic acids is 1. The van der Waals surface area contributed by atoms with Gasteiger partial charge in [0.25, 0.3) is 0 Å². The molecule has 114 valence electrons. The van der Waals surface area contributed by atoms with Gasteiger partial charge in [-0.05, 0) is 29.8 Å². The highest BCUT2D eigenvalue weighted by molar-refractivity contribution is 5.92. The number of carbonyl (C=O) groups is 1. The maximum Gasteiger partial charge on any atom is 0.586 e. The molecule has 7 heteroatoms. The summed E-state index contributed by atoms with van der Waals surface area (Å²) in [6, 6.07) is 9.45. The van der Waals surface area contributed by atoms with Gasteiger partial charge < -0.3 is 14.8 Å². The summed E-state index contributed by atoms with van der Waals surface area (Å²) in [6.07, 6.45) is -3.66. The molecule has 0 saturated heterocycles. The number of fused-ring (bicyclic) bond motifs is 1. The van der Waals surface area contributed by atoms with Crippen LogP contribution in [-0.4, -0.2) is 12.2 Å². The van der Waals surface area contributed by atoms with Gasteiger partial charge in [0, 0.05) is 11.8 Å². The van der Waals surface area contributed by atoms with Crippen LogP contribution >= 0.6 is 0 Å². The predicted octanol–water partition coefficient (Wildman–Crippen LogP) is 3.33. The number of rotatable bonds is 3. The Balaban J connectivity index is 1.66. The van der Waals surface area contributed by atoms with Gasteiger partial charge in [0.05, 0.1) is 6.42 Å². The first-order chi connectivity index (χ1) is 10.4. The van der Waals surface area contributed by atoms with Crippen LogP contribution in [0.3, 0.4) is 0 Å². The van der Waals surface area contributed by atoms with Crippen LogP contribution in [0.1, 0.15) is 5.56 Å². The van der Waals surface area contributed by atoms with Crippen LogP contribution in [0.5, 0.6) is 11.5 Å². The molecule has 1 aliphatic rings. The fourth-order valence-corrected chi connectivity index (χ4v) is 2.02. The summed E-state index contributed by atoms with van der Waals surface area (Å²) in [7, 11) is 0. The molecule has 1 N–H and O–H groups in total. The van der Waals surface area contributed by atoms with Gasteiger partial charge in [0.1, 0.15) is 5.82 Å². The van der Waals surface area contributed by atoms with Gasteiger partial charge in [0.15, 0.2) is 11.5 Å². The van der Waals surface area contributed by atoms with Crippen LogP contribution in [0.15, 0.2) is 42.5 Å². The largest absolute Gasteiger partial charge is 0.586 e. The van der Waals surface area contributed by atoms with Gasteiger partial charge in [-0.25, -0.2) is 4.39 Å². The van der Waals surface area contributed by atoms with Crippen molar-refractivity contribution in [2.45, 2.75) is 12.7 Å². The molecular weight excluding hydrogens is 299 g/mol. The van der Waals surface area contributed by atoms with Crippen molar-refractivity contribution in [1.29, 1.82) is 0 Å². The number of amides is 1. The van der Waals surface area contributed by atoms with Crippen molar-refractivity contribution < 1.29 is 27.4 Å². The lowest BCUT2D eigenvalue weighted by molar-refractivity contribution is -0.286. The SMILES string of the molecule is O=C(Cc1ccc(F)cc1)Nc1ccc2c(c1)OC(F)(F)O2. The summed E-state index contributed by atoms with van der Waals surface area (Å²) < 4.78 is 47.1. The van der Waals surface area contributed by atoms with Crippen molar-refractivity contribution in [2.24, 2.45) is 0 Å². The topological polar surface area (TPSA) is 47.6 Å². The molecule has 1 amide bonds. The fraction of sp³-hybridized carbons (Fsp3) is 0.133. The van der Waals surface area contributed by atoms with E-state index in [4.69, 9.17) is 0 Å². The van der Waals surface area contributed by atoms with Crippen molar-refractivity contribution in [3.05, 3.63) is 53.8 Å². The normalized spacial score (nSPS) is 14.7. The second-order valence-electron chi connectivity index (χ2n) is 4.68. The standard InChI is InChI=1S/C15H10F3NO3/c16-10-3-1-9(2-4-10)7-14(20)19-11-5-6-12-13(8-11)22-15(17,18)21-12/h1-6,8H,7H2,(H,19,20). The van der Waals surface area contributed by atoms with E-state index in [2.05, 4.69) is 14.8 Å². The third kappa shape index (κ3) is 3.13. The van der Waals surface area contributed by atoms with Crippen molar-refractivity contribution >= 4 is 11.6 Å². The molecule has 22 heavy (non-hydrogen) atoms. The Kier molecular flexibility index (Phi) is 3.40. The first-order valence-corrected chi connectivity index (χ1v) is 6.35.